The predicted octanol–water partition coefficient (Wildman–Crippen LogP) is 5.79. The third kappa shape index (κ3) is 9.34. The van der Waals surface area contributed by atoms with E-state index in [1.54, 1.807) is 39.0 Å². The van der Waals surface area contributed by atoms with Gasteiger partial charge in [0.25, 0.3) is 5.91 Å². The topological polar surface area (TPSA) is 105 Å². The highest BCUT2D eigenvalue weighted by atomic mass is 35.5. The molecule has 1 unspecified atom stereocenters. The summed E-state index contributed by atoms with van der Waals surface area (Å²) in [4.78, 5) is 26.0. The molecule has 1 saturated heterocycles. The molecule has 232 valence electrons. The second kappa shape index (κ2) is 13.6. The lowest BCUT2D eigenvalue weighted by Crippen LogP contribution is -2.48. The molecule has 13 heteroatoms. The smallest absolute Gasteiger partial charge is 0.416 e. The molecule has 0 radical (unpaired) electrons. The molecule has 0 aromatic heterocycles. The number of rotatable bonds is 9. The zero-order chi connectivity index (χ0) is 31.3. The van der Waals surface area contributed by atoms with Gasteiger partial charge in [-0.3, -0.25) is 4.79 Å². The maximum absolute atomic E-state index is 14.4. The van der Waals surface area contributed by atoms with Crippen LogP contribution in [0.2, 0.25) is 5.02 Å². The molecule has 3 rings (SSSR count). The van der Waals surface area contributed by atoms with Gasteiger partial charge in [-0.05, 0) is 101 Å². The van der Waals surface area contributed by atoms with E-state index >= 15 is 0 Å². The normalized spacial score (nSPS) is 16.9. The quantitative estimate of drug-likeness (QED) is 0.363. The summed E-state index contributed by atoms with van der Waals surface area (Å²) in [6.45, 7) is 7.30. The Hall–Kier alpha value is -2.83. The van der Waals surface area contributed by atoms with Gasteiger partial charge in [-0.1, -0.05) is 29.8 Å². The lowest BCUT2D eigenvalue weighted by atomic mass is 9.86. The van der Waals surface area contributed by atoms with E-state index in [9.17, 15) is 31.2 Å². The van der Waals surface area contributed by atoms with E-state index in [4.69, 9.17) is 16.3 Å². The van der Waals surface area contributed by atoms with E-state index in [2.05, 4.69) is 10.6 Å². The number of carbonyl (C=O) groups is 2. The Labute approximate surface area is 250 Å². The number of piperidine rings is 1. The van der Waals surface area contributed by atoms with Crippen LogP contribution in [0.3, 0.4) is 0 Å². The number of nitrogens with zero attached hydrogens (tertiary/aromatic N) is 1. The van der Waals surface area contributed by atoms with Gasteiger partial charge in [-0.25, -0.2) is 17.5 Å². The molecular weight excluding hydrogens is 595 g/mol. The van der Waals surface area contributed by atoms with Gasteiger partial charge in [0.1, 0.15) is 5.60 Å². The number of carbonyl (C=O) groups excluding carboxylic acids is 2. The number of hydrogen-bond donors (Lipinski definition) is 2. The highest BCUT2D eigenvalue weighted by molar-refractivity contribution is 7.89. The Bertz CT molecular complexity index is 1370. The summed E-state index contributed by atoms with van der Waals surface area (Å²) < 4.78 is 74.8. The highest BCUT2D eigenvalue weighted by Gasteiger charge is 2.37. The molecule has 0 aliphatic carbocycles. The van der Waals surface area contributed by atoms with Crippen molar-refractivity contribution in [3.8, 4) is 0 Å². The summed E-state index contributed by atoms with van der Waals surface area (Å²) in [5.41, 5.74) is -2.04. The highest BCUT2D eigenvalue weighted by Crippen LogP contribution is 2.35. The zero-order valence-corrected chi connectivity index (χ0v) is 25.6. The van der Waals surface area contributed by atoms with Crippen molar-refractivity contribution in [3.63, 3.8) is 0 Å². The number of ether oxygens (including phenoxy) is 1. The Balaban J connectivity index is 1.98. The van der Waals surface area contributed by atoms with E-state index in [0.717, 1.165) is 13.0 Å². The fraction of sp³-hybridized carbons (Fsp3) is 0.517. The Morgan fingerprint density at radius 3 is 2.45 bits per heavy atom. The average Bonchev–Trinajstić information content (AvgIpc) is 2.90. The largest absolute Gasteiger partial charge is 0.444 e. The van der Waals surface area contributed by atoms with Crippen molar-refractivity contribution >= 4 is 33.6 Å². The minimum atomic E-state index is -4.85. The van der Waals surface area contributed by atoms with E-state index in [1.807, 2.05) is 0 Å². The van der Waals surface area contributed by atoms with Crippen molar-refractivity contribution in [1.82, 2.24) is 14.9 Å². The van der Waals surface area contributed by atoms with Gasteiger partial charge in [0.15, 0.2) is 0 Å². The van der Waals surface area contributed by atoms with Crippen molar-refractivity contribution < 1.29 is 35.9 Å². The van der Waals surface area contributed by atoms with Gasteiger partial charge >= 0.3 is 12.3 Å². The molecule has 1 aliphatic heterocycles. The van der Waals surface area contributed by atoms with E-state index in [-0.39, 0.29) is 17.9 Å². The Kier molecular flexibility index (Phi) is 10.9. The number of hydrogen-bond acceptors (Lipinski definition) is 6. The van der Waals surface area contributed by atoms with Gasteiger partial charge in [0, 0.05) is 16.6 Å². The van der Waals surface area contributed by atoms with Crippen LogP contribution < -0.4 is 10.6 Å². The van der Waals surface area contributed by atoms with Crippen molar-refractivity contribution in [2.45, 2.75) is 71.3 Å². The molecule has 2 aromatic carbocycles. The molecule has 0 saturated carbocycles. The number of alkyl halides is 3. The molecular formula is C29H37ClF3N3O5S. The van der Waals surface area contributed by atoms with Crippen LogP contribution >= 0.6 is 11.6 Å². The van der Waals surface area contributed by atoms with Crippen LogP contribution in [0.5, 0.6) is 0 Å². The molecule has 8 nitrogen and oxygen atoms in total. The number of halogens is 4. The van der Waals surface area contributed by atoms with Crippen LogP contribution in [0, 0.1) is 5.92 Å². The summed E-state index contributed by atoms with van der Waals surface area (Å²) >= 11 is 6.01. The van der Waals surface area contributed by atoms with Crippen LogP contribution in [0.1, 0.15) is 67.6 Å². The minimum absolute atomic E-state index is 0.134. The molecule has 1 aliphatic rings. The maximum Gasteiger partial charge on any atom is 0.416 e. The first-order chi connectivity index (χ1) is 19.5. The van der Waals surface area contributed by atoms with Crippen LogP contribution in [-0.4, -0.2) is 55.2 Å². The summed E-state index contributed by atoms with van der Waals surface area (Å²) in [6, 6.07) is 8.56. The molecule has 2 atom stereocenters. The van der Waals surface area contributed by atoms with Crippen molar-refractivity contribution in [2.75, 3.05) is 18.8 Å². The first-order valence-corrected chi connectivity index (χ1v) is 15.7. The number of benzene rings is 2. The molecule has 0 spiro atoms. The number of sulfonamides is 1. The molecule has 2 aromatic rings. The molecule has 1 heterocycles. The Morgan fingerprint density at radius 1 is 1.17 bits per heavy atom. The third-order valence-corrected chi connectivity index (χ3v) is 8.78. The second-order valence-electron chi connectivity index (χ2n) is 11.3. The van der Waals surface area contributed by atoms with Gasteiger partial charge in [-0.15, -0.1) is 0 Å². The molecule has 0 bridgehead atoms. The lowest BCUT2D eigenvalue weighted by molar-refractivity contribution is -0.138. The lowest BCUT2D eigenvalue weighted by Gasteiger charge is -2.33. The zero-order valence-electron chi connectivity index (χ0n) is 24.1. The maximum atomic E-state index is 14.4. The Morgan fingerprint density at radius 2 is 1.88 bits per heavy atom. The van der Waals surface area contributed by atoms with Crippen LogP contribution in [0.25, 0.3) is 0 Å². The average molecular weight is 632 g/mol. The molecule has 42 heavy (non-hydrogen) atoms. The van der Waals surface area contributed by atoms with Crippen LogP contribution in [-0.2, 0) is 33.9 Å². The van der Waals surface area contributed by atoms with Crippen molar-refractivity contribution in [1.29, 1.82) is 0 Å². The monoisotopic (exact) mass is 631 g/mol. The van der Waals surface area contributed by atoms with E-state index in [0.29, 0.717) is 33.9 Å². The number of nitrogens with one attached hydrogen (secondary N) is 2. The summed E-state index contributed by atoms with van der Waals surface area (Å²) in [5, 5.41) is 6.29. The first kappa shape index (κ1) is 33.7. The van der Waals surface area contributed by atoms with Gasteiger partial charge < -0.3 is 15.4 Å². The summed E-state index contributed by atoms with van der Waals surface area (Å²) in [5.74, 6) is -1.68. The van der Waals surface area contributed by atoms with Crippen molar-refractivity contribution in [2.24, 2.45) is 5.92 Å². The van der Waals surface area contributed by atoms with Crippen LogP contribution in [0.15, 0.2) is 42.5 Å². The molecule has 1 fully saturated rings. The molecule has 2 N–H and O–H groups in total. The third-order valence-electron chi connectivity index (χ3n) is 6.85. The van der Waals surface area contributed by atoms with E-state index < -0.39 is 63.3 Å². The van der Waals surface area contributed by atoms with Crippen molar-refractivity contribution in [3.05, 3.63) is 69.7 Å². The summed E-state index contributed by atoms with van der Waals surface area (Å²) in [7, 11) is -4.15. The molecule has 2 amide bonds. The minimum Gasteiger partial charge on any atom is -0.444 e. The fourth-order valence-electron chi connectivity index (χ4n) is 4.80. The van der Waals surface area contributed by atoms with Crippen LogP contribution in [0.4, 0.5) is 18.0 Å². The fourth-order valence-corrected chi connectivity index (χ4v) is 6.03. The standard InChI is InChI=1S/C29H37ClF3N3O5S/c1-5-42(39,40)36(18-19-8-6-10-23(30)14-19)26(37)21-12-11-20(24(15-21)29(31,32)33)16-25(22-9-7-13-34-17-22)35-27(38)41-28(2,3)4/h6,8,10-12,14-15,22,25,34H,5,7,9,13,16-18H2,1-4H3,(H,35,38)/t22?,25-/m0/s1. The van der Waals surface area contributed by atoms with Gasteiger partial charge in [0.05, 0.1) is 17.9 Å². The van der Waals surface area contributed by atoms with E-state index in [1.165, 1.54) is 25.1 Å². The predicted molar refractivity (Wildman–Crippen MR) is 155 cm³/mol. The number of amides is 2. The summed E-state index contributed by atoms with van der Waals surface area (Å²) in [6.07, 6.45) is -4.27. The second-order valence-corrected chi connectivity index (χ2v) is 13.9. The van der Waals surface area contributed by atoms with Gasteiger partial charge in [-0.2, -0.15) is 13.2 Å². The SMILES string of the molecule is CCS(=O)(=O)N(Cc1cccc(Cl)c1)C(=O)c1ccc(C[C@H](NC(=O)OC(C)(C)C)C2CCCNC2)c(C(F)(F)F)c1. The van der Waals surface area contributed by atoms with Gasteiger partial charge in [0.2, 0.25) is 10.0 Å². The number of alkyl carbamates (subject to hydrolysis) is 1. The first-order valence-electron chi connectivity index (χ1n) is 13.7.